The van der Waals surface area contributed by atoms with Gasteiger partial charge in [-0.05, 0) is 18.9 Å². The molecule has 45 valence electrons. The maximum absolute atomic E-state index is 10.0. The first-order valence-electron chi connectivity index (χ1n) is 2.95. The van der Waals surface area contributed by atoms with Crippen LogP contribution in [0.2, 0.25) is 0 Å². The minimum atomic E-state index is 0.00926. The summed E-state index contributed by atoms with van der Waals surface area (Å²) in [6.07, 6.45) is 3.06. The average molecular weight is 112 g/mol. The Morgan fingerprint density at radius 3 is 2.75 bits per heavy atom. The summed E-state index contributed by atoms with van der Waals surface area (Å²) >= 11 is 0. The molecule has 0 aliphatic carbocycles. The quantitative estimate of drug-likeness (QED) is 0.521. The van der Waals surface area contributed by atoms with Crippen molar-refractivity contribution in [3.63, 3.8) is 0 Å². The van der Waals surface area contributed by atoms with E-state index < -0.39 is 0 Å². The van der Waals surface area contributed by atoms with Crippen LogP contribution in [-0.4, -0.2) is 18.9 Å². The smallest absolute Gasteiger partial charge is 0.217 e. The fourth-order valence-corrected chi connectivity index (χ4v) is 0.992. The van der Waals surface area contributed by atoms with E-state index in [0.717, 1.165) is 13.0 Å². The summed E-state index contributed by atoms with van der Waals surface area (Å²) in [4.78, 5) is 10.0. The van der Waals surface area contributed by atoms with E-state index in [4.69, 9.17) is 0 Å². The Bertz CT molecular complexity index is 92.5. The summed E-state index contributed by atoms with van der Waals surface area (Å²) in [5.41, 5.74) is 0. The van der Waals surface area contributed by atoms with E-state index in [1.807, 2.05) is 6.29 Å². The third-order valence-corrected chi connectivity index (χ3v) is 1.66. The van der Waals surface area contributed by atoms with Gasteiger partial charge in [0.25, 0.3) is 0 Å². The maximum atomic E-state index is 10.0. The molecule has 1 N–H and O–H groups in total. The summed E-state index contributed by atoms with van der Waals surface area (Å²) in [5, 5.41) is 3.03. The molecular formula is C6H10NO. The minimum absolute atomic E-state index is 0.00926. The van der Waals surface area contributed by atoms with Gasteiger partial charge in [-0.15, -0.1) is 0 Å². The Hall–Kier alpha value is -0.370. The van der Waals surface area contributed by atoms with Gasteiger partial charge in [-0.1, -0.05) is 6.92 Å². The minimum Gasteiger partial charge on any atom is -0.307 e. The van der Waals surface area contributed by atoms with Gasteiger partial charge in [0.2, 0.25) is 6.29 Å². The lowest BCUT2D eigenvalue weighted by atomic mass is 10.1. The third kappa shape index (κ3) is 0.892. The molecule has 1 radical (unpaired) electrons. The summed E-state index contributed by atoms with van der Waals surface area (Å²) in [6, 6.07) is 0.00926. The van der Waals surface area contributed by atoms with Crippen molar-refractivity contribution < 1.29 is 4.79 Å². The fraction of sp³-hybridized carbons (Fsp3) is 0.833. The van der Waals surface area contributed by atoms with Crippen molar-refractivity contribution in [2.75, 3.05) is 6.54 Å². The van der Waals surface area contributed by atoms with Crippen molar-refractivity contribution in [2.45, 2.75) is 19.4 Å². The van der Waals surface area contributed by atoms with Crippen LogP contribution in [0.1, 0.15) is 13.3 Å². The first kappa shape index (κ1) is 5.76. The first-order valence-corrected chi connectivity index (χ1v) is 2.95. The SMILES string of the molecule is CC1CCNC1[C]=O. The Kier molecular flexibility index (Phi) is 1.63. The molecule has 0 aromatic rings. The lowest BCUT2D eigenvalue weighted by molar-refractivity contribution is 0.502. The van der Waals surface area contributed by atoms with Gasteiger partial charge < -0.3 is 5.32 Å². The largest absolute Gasteiger partial charge is 0.307 e. The van der Waals surface area contributed by atoms with E-state index in [0.29, 0.717) is 5.92 Å². The molecule has 0 aromatic heterocycles. The van der Waals surface area contributed by atoms with Gasteiger partial charge in [-0.2, -0.15) is 0 Å². The lowest BCUT2D eigenvalue weighted by Crippen LogP contribution is -2.26. The van der Waals surface area contributed by atoms with Crippen molar-refractivity contribution in [1.29, 1.82) is 0 Å². The molecular weight excluding hydrogens is 102 g/mol. The highest BCUT2D eigenvalue weighted by atomic mass is 16.1. The van der Waals surface area contributed by atoms with Gasteiger partial charge in [0.05, 0.1) is 6.04 Å². The molecule has 1 saturated heterocycles. The molecule has 1 fully saturated rings. The number of carbonyl (C=O) groups excluding carboxylic acids is 1. The summed E-state index contributed by atoms with van der Waals surface area (Å²) in [5.74, 6) is 0.493. The van der Waals surface area contributed by atoms with Crippen LogP contribution in [0.25, 0.3) is 0 Å². The van der Waals surface area contributed by atoms with E-state index in [1.165, 1.54) is 0 Å². The normalized spacial score (nSPS) is 37.6. The van der Waals surface area contributed by atoms with Crippen LogP contribution in [0.3, 0.4) is 0 Å². The van der Waals surface area contributed by atoms with Crippen molar-refractivity contribution in [2.24, 2.45) is 5.92 Å². The summed E-state index contributed by atoms with van der Waals surface area (Å²) in [6.45, 7) is 3.04. The van der Waals surface area contributed by atoms with Gasteiger partial charge >= 0.3 is 0 Å². The van der Waals surface area contributed by atoms with Gasteiger partial charge in [-0.25, -0.2) is 0 Å². The van der Waals surface area contributed by atoms with E-state index in [2.05, 4.69) is 12.2 Å². The molecule has 2 nitrogen and oxygen atoms in total. The average Bonchev–Trinajstić information content (AvgIpc) is 2.14. The van der Waals surface area contributed by atoms with Gasteiger partial charge in [0, 0.05) is 0 Å². The second kappa shape index (κ2) is 2.27. The van der Waals surface area contributed by atoms with Crippen molar-refractivity contribution in [3.8, 4) is 0 Å². The van der Waals surface area contributed by atoms with Crippen LogP contribution >= 0.6 is 0 Å². The van der Waals surface area contributed by atoms with Crippen LogP contribution in [0, 0.1) is 5.92 Å². The molecule has 0 bridgehead atoms. The molecule has 8 heavy (non-hydrogen) atoms. The Morgan fingerprint density at radius 2 is 2.50 bits per heavy atom. The van der Waals surface area contributed by atoms with Crippen molar-refractivity contribution >= 4 is 6.29 Å². The van der Waals surface area contributed by atoms with Gasteiger partial charge in [-0.3, -0.25) is 4.79 Å². The number of nitrogens with one attached hydrogen (secondary N) is 1. The first-order chi connectivity index (χ1) is 3.84. The predicted molar refractivity (Wildman–Crippen MR) is 31.3 cm³/mol. The fourth-order valence-electron chi connectivity index (χ4n) is 0.992. The molecule has 0 aromatic carbocycles. The molecule has 1 heterocycles. The molecule has 0 saturated carbocycles. The Morgan fingerprint density at radius 1 is 1.75 bits per heavy atom. The highest BCUT2D eigenvalue weighted by Crippen LogP contribution is 2.11. The number of hydrogen-bond acceptors (Lipinski definition) is 2. The van der Waals surface area contributed by atoms with Crippen LogP contribution in [-0.2, 0) is 4.79 Å². The molecule has 1 aliphatic rings. The highest BCUT2D eigenvalue weighted by molar-refractivity contribution is 5.59. The van der Waals surface area contributed by atoms with Crippen LogP contribution in [0.5, 0.6) is 0 Å². The Labute approximate surface area is 49.3 Å². The number of rotatable bonds is 1. The third-order valence-electron chi connectivity index (χ3n) is 1.66. The van der Waals surface area contributed by atoms with Crippen molar-refractivity contribution in [3.05, 3.63) is 0 Å². The second-order valence-corrected chi connectivity index (χ2v) is 2.32. The van der Waals surface area contributed by atoms with Crippen molar-refractivity contribution in [1.82, 2.24) is 5.32 Å². The predicted octanol–water partition coefficient (Wildman–Crippen LogP) is 0.0941. The maximum Gasteiger partial charge on any atom is 0.217 e. The van der Waals surface area contributed by atoms with Crippen LogP contribution < -0.4 is 5.32 Å². The molecule has 0 spiro atoms. The zero-order valence-electron chi connectivity index (χ0n) is 4.98. The summed E-state index contributed by atoms with van der Waals surface area (Å²) < 4.78 is 0. The number of hydrogen-bond donors (Lipinski definition) is 1. The van der Waals surface area contributed by atoms with E-state index in [9.17, 15) is 4.79 Å². The van der Waals surface area contributed by atoms with Gasteiger partial charge in [0.1, 0.15) is 0 Å². The molecule has 2 unspecified atom stereocenters. The molecule has 1 rings (SSSR count). The van der Waals surface area contributed by atoms with Crippen LogP contribution in [0.15, 0.2) is 0 Å². The molecule has 0 amide bonds. The van der Waals surface area contributed by atoms with E-state index in [1.54, 1.807) is 0 Å². The lowest BCUT2D eigenvalue weighted by Gasteiger charge is -2.03. The highest BCUT2D eigenvalue weighted by Gasteiger charge is 2.21. The Balaban J connectivity index is 2.41. The monoisotopic (exact) mass is 112 g/mol. The molecule has 2 atom stereocenters. The van der Waals surface area contributed by atoms with E-state index >= 15 is 0 Å². The van der Waals surface area contributed by atoms with Gasteiger partial charge in [0.15, 0.2) is 0 Å². The molecule has 2 heteroatoms. The topological polar surface area (TPSA) is 29.1 Å². The summed E-state index contributed by atoms with van der Waals surface area (Å²) in [7, 11) is 0. The second-order valence-electron chi connectivity index (χ2n) is 2.32. The van der Waals surface area contributed by atoms with E-state index in [-0.39, 0.29) is 6.04 Å². The zero-order chi connectivity index (χ0) is 5.98. The zero-order valence-corrected chi connectivity index (χ0v) is 4.98. The van der Waals surface area contributed by atoms with Crippen LogP contribution in [0.4, 0.5) is 0 Å². The standard InChI is InChI=1S/C6H10NO/c1-5-2-3-7-6(5)4-8/h5-7H,2-3H2,1H3. The molecule has 1 aliphatic heterocycles.